The van der Waals surface area contributed by atoms with E-state index in [-0.39, 0.29) is 23.7 Å². The average Bonchev–Trinajstić information content (AvgIpc) is 3.15. The summed E-state index contributed by atoms with van der Waals surface area (Å²) in [4.78, 5) is 16.7. The summed E-state index contributed by atoms with van der Waals surface area (Å²) in [5, 5.41) is 4.14. The summed E-state index contributed by atoms with van der Waals surface area (Å²) in [7, 11) is 0. The molecule has 3 fully saturated rings. The second-order valence-corrected chi connectivity index (χ2v) is 6.33. The Kier molecular flexibility index (Phi) is 3.10. The largest absolute Gasteiger partial charge is 0.374 e. The van der Waals surface area contributed by atoms with Gasteiger partial charge in [0.2, 0.25) is 5.89 Å². The third kappa shape index (κ3) is 2.08. The maximum Gasteiger partial charge on any atom is 0.237 e. The topological polar surface area (TPSA) is 65.2 Å². The van der Waals surface area contributed by atoms with Gasteiger partial charge >= 0.3 is 0 Å². The molecule has 1 saturated carbocycles. The molecule has 2 saturated heterocycles. The van der Waals surface area contributed by atoms with Gasteiger partial charge in [-0.05, 0) is 32.1 Å². The minimum absolute atomic E-state index is 0.168. The molecule has 1 aromatic rings. The minimum Gasteiger partial charge on any atom is -0.374 e. The first-order chi connectivity index (χ1) is 9.81. The van der Waals surface area contributed by atoms with Crippen molar-refractivity contribution in [2.24, 2.45) is 0 Å². The maximum atomic E-state index is 12.1. The fourth-order valence-electron chi connectivity index (χ4n) is 3.87. The van der Waals surface area contributed by atoms with E-state index in [9.17, 15) is 4.79 Å². The highest BCUT2D eigenvalue weighted by Crippen LogP contribution is 2.43. The van der Waals surface area contributed by atoms with Gasteiger partial charge in [0.1, 0.15) is 5.78 Å². The molecular weight excluding hydrogens is 256 g/mol. The van der Waals surface area contributed by atoms with Gasteiger partial charge in [0.25, 0.3) is 0 Å². The Morgan fingerprint density at radius 2 is 2.05 bits per heavy atom. The van der Waals surface area contributed by atoms with Gasteiger partial charge in [-0.3, -0.25) is 4.79 Å². The molecule has 0 amide bonds. The normalized spacial score (nSPS) is 37.3. The van der Waals surface area contributed by atoms with Crippen molar-refractivity contribution in [1.82, 2.24) is 10.1 Å². The van der Waals surface area contributed by atoms with Gasteiger partial charge < -0.3 is 9.26 Å². The van der Waals surface area contributed by atoms with Crippen molar-refractivity contribution in [3.8, 4) is 0 Å². The van der Waals surface area contributed by atoms with E-state index in [0.717, 1.165) is 50.8 Å². The second-order valence-electron chi connectivity index (χ2n) is 6.33. The molecule has 0 spiro atoms. The van der Waals surface area contributed by atoms with Crippen LogP contribution in [0.1, 0.15) is 74.9 Å². The Bertz CT molecular complexity index is 513. The molecule has 108 valence electrons. The Balaban J connectivity index is 1.54. The van der Waals surface area contributed by atoms with E-state index in [1.807, 2.05) is 0 Å². The zero-order valence-electron chi connectivity index (χ0n) is 11.6. The van der Waals surface area contributed by atoms with Crippen LogP contribution in [0.4, 0.5) is 0 Å². The number of hydrogen-bond donors (Lipinski definition) is 0. The van der Waals surface area contributed by atoms with E-state index < -0.39 is 0 Å². The van der Waals surface area contributed by atoms with Crippen LogP contribution in [0.3, 0.4) is 0 Å². The van der Waals surface area contributed by atoms with Crippen LogP contribution in [0, 0.1) is 0 Å². The molecular formula is C15H20N2O3. The third-order valence-electron chi connectivity index (χ3n) is 5.00. The lowest BCUT2D eigenvalue weighted by Crippen LogP contribution is -2.16. The first-order valence-corrected chi connectivity index (χ1v) is 7.83. The van der Waals surface area contributed by atoms with Gasteiger partial charge in [0.05, 0.1) is 24.0 Å². The molecule has 1 aromatic heterocycles. The first-order valence-electron chi connectivity index (χ1n) is 7.83. The molecule has 0 aromatic carbocycles. The van der Waals surface area contributed by atoms with Crippen molar-refractivity contribution in [2.45, 2.75) is 75.4 Å². The molecule has 1 aliphatic carbocycles. The number of nitrogens with zero attached hydrogens (tertiary/aromatic N) is 2. The molecule has 0 N–H and O–H groups in total. The van der Waals surface area contributed by atoms with Gasteiger partial charge in [-0.15, -0.1) is 0 Å². The Labute approximate surface area is 118 Å². The van der Waals surface area contributed by atoms with Crippen LogP contribution in [0.2, 0.25) is 0 Å². The quantitative estimate of drug-likeness (QED) is 0.777. The maximum absolute atomic E-state index is 12.1. The number of Topliss-reactive ketones (excluding diaryl/α,β-unsaturated/α-hetero) is 1. The minimum atomic E-state index is -0.168. The van der Waals surface area contributed by atoms with E-state index in [2.05, 4.69) is 10.1 Å². The molecule has 4 atom stereocenters. The lowest BCUT2D eigenvalue weighted by molar-refractivity contribution is -0.120. The summed E-state index contributed by atoms with van der Waals surface area (Å²) < 4.78 is 11.3. The summed E-state index contributed by atoms with van der Waals surface area (Å²) in [6.07, 6.45) is 8.61. The van der Waals surface area contributed by atoms with Crippen molar-refractivity contribution in [1.29, 1.82) is 0 Å². The van der Waals surface area contributed by atoms with Crippen molar-refractivity contribution in [2.75, 3.05) is 0 Å². The first kappa shape index (κ1) is 12.5. The Morgan fingerprint density at radius 1 is 1.10 bits per heavy atom. The zero-order valence-corrected chi connectivity index (χ0v) is 11.6. The molecule has 3 heterocycles. The number of fused-ring (bicyclic) bond motifs is 2. The molecule has 5 heteroatoms. The SMILES string of the molecule is O=C1CCCCCC1c1nc(C2CC3CCC2O3)no1. The van der Waals surface area contributed by atoms with Gasteiger partial charge in [-0.25, -0.2) is 0 Å². The summed E-state index contributed by atoms with van der Waals surface area (Å²) in [5.74, 6) is 1.66. The van der Waals surface area contributed by atoms with Crippen LogP contribution in [0.25, 0.3) is 0 Å². The number of carbonyl (C=O) groups excluding carboxylic acids is 1. The fourth-order valence-corrected chi connectivity index (χ4v) is 3.87. The molecule has 4 unspecified atom stereocenters. The van der Waals surface area contributed by atoms with Gasteiger partial charge in [0, 0.05) is 6.42 Å². The van der Waals surface area contributed by atoms with Crippen molar-refractivity contribution < 1.29 is 14.1 Å². The molecule has 20 heavy (non-hydrogen) atoms. The lowest BCUT2D eigenvalue weighted by Gasteiger charge is -2.14. The number of aromatic nitrogens is 2. The van der Waals surface area contributed by atoms with Gasteiger partial charge in [-0.1, -0.05) is 18.0 Å². The van der Waals surface area contributed by atoms with E-state index >= 15 is 0 Å². The predicted octanol–water partition coefficient (Wildman–Crippen LogP) is 2.72. The zero-order chi connectivity index (χ0) is 13.5. The molecule has 2 bridgehead atoms. The number of rotatable bonds is 2. The summed E-state index contributed by atoms with van der Waals surface area (Å²) >= 11 is 0. The van der Waals surface area contributed by atoms with E-state index in [1.165, 1.54) is 0 Å². The van der Waals surface area contributed by atoms with Gasteiger partial charge in [0.15, 0.2) is 5.82 Å². The monoisotopic (exact) mass is 276 g/mol. The molecule has 2 aliphatic heterocycles. The van der Waals surface area contributed by atoms with E-state index in [0.29, 0.717) is 18.4 Å². The predicted molar refractivity (Wildman–Crippen MR) is 70.4 cm³/mol. The van der Waals surface area contributed by atoms with Crippen LogP contribution >= 0.6 is 0 Å². The smallest absolute Gasteiger partial charge is 0.237 e. The van der Waals surface area contributed by atoms with Crippen LogP contribution in [0.15, 0.2) is 4.52 Å². The second kappa shape index (κ2) is 4.95. The highest BCUT2D eigenvalue weighted by Gasteiger charge is 2.44. The number of carbonyl (C=O) groups is 1. The molecule has 3 aliphatic rings. The number of ether oxygens (including phenoxy) is 1. The summed E-state index contributed by atoms with van der Waals surface area (Å²) in [5.41, 5.74) is 0. The molecule has 4 rings (SSSR count). The van der Waals surface area contributed by atoms with Crippen LogP contribution in [0.5, 0.6) is 0 Å². The van der Waals surface area contributed by atoms with Crippen molar-refractivity contribution >= 4 is 5.78 Å². The summed E-state index contributed by atoms with van der Waals surface area (Å²) in [6.45, 7) is 0. The number of hydrogen-bond acceptors (Lipinski definition) is 5. The highest BCUT2D eigenvalue weighted by molar-refractivity contribution is 5.84. The Morgan fingerprint density at radius 3 is 2.85 bits per heavy atom. The van der Waals surface area contributed by atoms with E-state index in [1.54, 1.807) is 0 Å². The third-order valence-corrected chi connectivity index (χ3v) is 5.00. The van der Waals surface area contributed by atoms with E-state index in [4.69, 9.17) is 9.26 Å². The van der Waals surface area contributed by atoms with Crippen LogP contribution in [-0.4, -0.2) is 28.1 Å². The van der Waals surface area contributed by atoms with Crippen LogP contribution < -0.4 is 0 Å². The number of ketones is 1. The average molecular weight is 276 g/mol. The standard InChI is InChI=1S/C15H20N2O3/c18-12-5-3-1-2-4-10(12)15-16-14(17-20-15)11-8-9-6-7-13(11)19-9/h9-11,13H,1-8H2. The summed E-state index contributed by atoms with van der Waals surface area (Å²) in [6, 6.07) is 0. The fraction of sp³-hybridized carbons (Fsp3) is 0.800. The van der Waals surface area contributed by atoms with Crippen molar-refractivity contribution in [3.05, 3.63) is 11.7 Å². The molecule has 5 nitrogen and oxygen atoms in total. The van der Waals surface area contributed by atoms with Gasteiger partial charge in [-0.2, -0.15) is 4.98 Å². The highest BCUT2D eigenvalue weighted by atomic mass is 16.5. The van der Waals surface area contributed by atoms with Crippen molar-refractivity contribution in [3.63, 3.8) is 0 Å². The lowest BCUT2D eigenvalue weighted by atomic mass is 9.89. The Hall–Kier alpha value is -1.23. The van der Waals surface area contributed by atoms with Crippen LogP contribution in [-0.2, 0) is 9.53 Å². The molecule has 0 radical (unpaired) electrons.